The molecule has 1 aliphatic carbocycles. The van der Waals surface area contributed by atoms with Crippen LogP contribution in [0.3, 0.4) is 0 Å². The number of hydrogen-bond acceptors (Lipinski definition) is 2. The van der Waals surface area contributed by atoms with E-state index in [0.29, 0.717) is 11.6 Å². The first kappa shape index (κ1) is 13.9. The van der Waals surface area contributed by atoms with Gasteiger partial charge in [0.25, 0.3) is 0 Å². The van der Waals surface area contributed by atoms with E-state index in [1.54, 1.807) is 6.07 Å². The number of primary amides is 1. The number of carbonyl (C=O) groups excluding carboxylic acids is 1. The van der Waals surface area contributed by atoms with Crippen LogP contribution >= 0.6 is 0 Å². The molecule has 1 aromatic rings. The van der Waals surface area contributed by atoms with Crippen LogP contribution in [-0.4, -0.2) is 11.9 Å². The molecule has 1 saturated carbocycles. The Kier molecular flexibility index (Phi) is 4.13. The molecule has 1 fully saturated rings. The summed E-state index contributed by atoms with van der Waals surface area (Å²) in [7, 11) is 0. The number of anilines is 1. The molecule has 2 rings (SSSR count). The van der Waals surface area contributed by atoms with E-state index in [1.165, 1.54) is 19.3 Å². The summed E-state index contributed by atoms with van der Waals surface area (Å²) in [6.07, 6.45) is 3.73. The van der Waals surface area contributed by atoms with Crippen molar-refractivity contribution in [3.8, 4) is 0 Å². The average Bonchev–Trinajstić information content (AvgIpc) is 2.36. The fraction of sp³-hybridized carbons (Fsp3) is 0.562. The molecule has 104 valence electrons. The number of rotatable bonds is 3. The molecule has 1 aromatic carbocycles. The molecule has 3 heteroatoms. The van der Waals surface area contributed by atoms with Crippen molar-refractivity contribution in [1.29, 1.82) is 0 Å². The van der Waals surface area contributed by atoms with Crippen molar-refractivity contribution < 1.29 is 4.79 Å². The maximum atomic E-state index is 11.1. The Bertz CT molecular complexity index is 470. The molecular formula is C16H24N2O. The van der Waals surface area contributed by atoms with Crippen LogP contribution in [0, 0.1) is 18.8 Å². The van der Waals surface area contributed by atoms with Gasteiger partial charge in [0.1, 0.15) is 0 Å². The summed E-state index contributed by atoms with van der Waals surface area (Å²) in [6, 6.07) is 6.17. The minimum Gasteiger partial charge on any atom is -0.382 e. The average molecular weight is 260 g/mol. The number of aryl methyl sites for hydroxylation is 1. The van der Waals surface area contributed by atoms with Gasteiger partial charge in [-0.1, -0.05) is 13.8 Å². The van der Waals surface area contributed by atoms with Crippen molar-refractivity contribution in [1.82, 2.24) is 0 Å². The zero-order chi connectivity index (χ0) is 14.0. The fourth-order valence-electron chi connectivity index (χ4n) is 2.88. The predicted molar refractivity (Wildman–Crippen MR) is 79.3 cm³/mol. The minimum absolute atomic E-state index is 0.366. The summed E-state index contributed by atoms with van der Waals surface area (Å²) in [5.74, 6) is 1.24. The summed E-state index contributed by atoms with van der Waals surface area (Å²) in [6.45, 7) is 6.69. The predicted octanol–water partition coefficient (Wildman–Crippen LogP) is 3.33. The van der Waals surface area contributed by atoms with E-state index in [9.17, 15) is 4.79 Å². The third-order valence-corrected chi connectivity index (χ3v) is 4.47. The molecule has 0 spiro atoms. The lowest BCUT2D eigenvalue weighted by Gasteiger charge is -2.33. The summed E-state index contributed by atoms with van der Waals surface area (Å²) < 4.78 is 0. The Balaban J connectivity index is 2.05. The normalized spacial score (nSPS) is 27.0. The fourth-order valence-corrected chi connectivity index (χ4v) is 2.88. The first-order valence-electron chi connectivity index (χ1n) is 7.14. The molecular weight excluding hydrogens is 236 g/mol. The van der Waals surface area contributed by atoms with Crippen LogP contribution in [0.1, 0.15) is 49.0 Å². The number of nitrogens with two attached hydrogens (primary N) is 1. The van der Waals surface area contributed by atoms with Crippen LogP contribution in [0.4, 0.5) is 5.69 Å². The Morgan fingerprint density at radius 3 is 2.58 bits per heavy atom. The number of benzene rings is 1. The Labute approximate surface area is 115 Å². The van der Waals surface area contributed by atoms with Crippen LogP contribution in [0.25, 0.3) is 0 Å². The van der Waals surface area contributed by atoms with E-state index in [1.807, 2.05) is 19.1 Å². The lowest BCUT2D eigenvalue weighted by atomic mass is 9.79. The quantitative estimate of drug-likeness (QED) is 0.875. The second-order valence-electron chi connectivity index (χ2n) is 6.00. The number of nitrogens with one attached hydrogen (secondary N) is 1. The maximum Gasteiger partial charge on any atom is 0.248 e. The van der Waals surface area contributed by atoms with Gasteiger partial charge in [0.2, 0.25) is 5.91 Å². The Morgan fingerprint density at radius 2 is 2.00 bits per heavy atom. The highest BCUT2D eigenvalue weighted by atomic mass is 16.1. The summed E-state index contributed by atoms with van der Waals surface area (Å²) in [5, 5.41) is 3.61. The van der Waals surface area contributed by atoms with E-state index in [-0.39, 0.29) is 5.91 Å². The van der Waals surface area contributed by atoms with E-state index < -0.39 is 0 Å². The molecule has 0 aliphatic heterocycles. The number of carbonyl (C=O) groups is 1. The first-order valence-corrected chi connectivity index (χ1v) is 7.14. The zero-order valence-corrected chi connectivity index (χ0v) is 12.1. The van der Waals surface area contributed by atoms with Crippen molar-refractivity contribution in [2.45, 2.75) is 46.1 Å². The topological polar surface area (TPSA) is 55.1 Å². The lowest BCUT2D eigenvalue weighted by Crippen LogP contribution is -2.30. The van der Waals surface area contributed by atoms with Crippen molar-refractivity contribution in [2.24, 2.45) is 17.6 Å². The highest BCUT2D eigenvalue weighted by Crippen LogP contribution is 2.31. The smallest absolute Gasteiger partial charge is 0.248 e. The summed E-state index contributed by atoms with van der Waals surface area (Å²) in [5.41, 5.74) is 8.08. The second kappa shape index (κ2) is 5.64. The molecule has 3 unspecified atom stereocenters. The third kappa shape index (κ3) is 3.28. The van der Waals surface area contributed by atoms with Gasteiger partial charge >= 0.3 is 0 Å². The summed E-state index contributed by atoms with van der Waals surface area (Å²) in [4.78, 5) is 11.1. The number of hydrogen-bond donors (Lipinski definition) is 2. The van der Waals surface area contributed by atoms with Crippen LogP contribution in [0.15, 0.2) is 18.2 Å². The van der Waals surface area contributed by atoms with Gasteiger partial charge in [0.15, 0.2) is 0 Å². The highest BCUT2D eigenvalue weighted by molar-refractivity contribution is 5.93. The molecule has 0 radical (unpaired) electrons. The van der Waals surface area contributed by atoms with Gasteiger partial charge in [0, 0.05) is 17.3 Å². The molecule has 0 bridgehead atoms. The molecule has 3 atom stereocenters. The first-order chi connectivity index (χ1) is 8.97. The van der Waals surface area contributed by atoms with Crippen LogP contribution < -0.4 is 11.1 Å². The van der Waals surface area contributed by atoms with Crippen molar-refractivity contribution >= 4 is 11.6 Å². The molecule has 1 aliphatic rings. The van der Waals surface area contributed by atoms with Crippen LogP contribution in [0.2, 0.25) is 0 Å². The standard InChI is InChI=1S/C16H24N2O/c1-10-4-6-14(9-11(10)2)18-15-7-5-13(16(17)19)8-12(15)3/h5,7-8,10-11,14,18H,4,6,9H2,1-3H3,(H2,17,19). The van der Waals surface area contributed by atoms with Crippen molar-refractivity contribution in [3.05, 3.63) is 29.3 Å². The Hall–Kier alpha value is -1.51. The maximum absolute atomic E-state index is 11.1. The van der Waals surface area contributed by atoms with Gasteiger partial charge in [-0.15, -0.1) is 0 Å². The molecule has 0 aromatic heterocycles. The highest BCUT2D eigenvalue weighted by Gasteiger charge is 2.24. The SMILES string of the molecule is Cc1cc(C(N)=O)ccc1NC1CCC(C)C(C)C1. The van der Waals surface area contributed by atoms with Crippen LogP contribution in [0.5, 0.6) is 0 Å². The van der Waals surface area contributed by atoms with Gasteiger partial charge in [-0.05, 0) is 61.8 Å². The van der Waals surface area contributed by atoms with Gasteiger partial charge in [0.05, 0.1) is 0 Å². The Morgan fingerprint density at radius 1 is 1.26 bits per heavy atom. The van der Waals surface area contributed by atoms with Crippen molar-refractivity contribution in [2.75, 3.05) is 5.32 Å². The lowest BCUT2D eigenvalue weighted by molar-refractivity contribution is 0.1000. The minimum atomic E-state index is -0.366. The van der Waals surface area contributed by atoms with E-state index in [0.717, 1.165) is 23.1 Å². The van der Waals surface area contributed by atoms with Gasteiger partial charge in [-0.3, -0.25) is 4.79 Å². The van der Waals surface area contributed by atoms with E-state index in [2.05, 4.69) is 19.2 Å². The second-order valence-corrected chi connectivity index (χ2v) is 6.00. The molecule has 1 amide bonds. The largest absolute Gasteiger partial charge is 0.382 e. The van der Waals surface area contributed by atoms with Gasteiger partial charge in [-0.2, -0.15) is 0 Å². The molecule has 3 N–H and O–H groups in total. The summed E-state index contributed by atoms with van der Waals surface area (Å²) >= 11 is 0. The number of amides is 1. The van der Waals surface area contributed by atoms with Gasteiger partial charge < -0.3 is 11.1 Å². The van der Waals surface area contributed by atoms with Crippen LogP contribution in [-0.2, 0) is 0 Å². The van der Waals surface area contributed by atoms with E-state index in [4.69, 9.17) is 5.73 Å². The van der Waals surface area contributed by atoms with Crippen molar-refractivity contribution in [3.63, 3.8) is 0 Å². The monoisotopic (exact) mass is 260 g/mol. The van der Waals surface area contributed by atoms with E-state index >= 15 is 0 Å². The molecule has 0 heterocycles. The third-order valence-electron chi connectivity index (χ3n) is 4.47. The zero-order valence-electron chi connectivity index (χ0n) is 12.1. The van der Waals surface area contributed by atoms with Gasteiger partial charge in [-0.25, -0.2) is 0 Å². The molecule has 0 saturated heterocycles. The molecule has 3 nitrogen and oxygen atoms in total. The molecule has 19 heavy (non-hydrogen) atoms.